The van der Waals surface area contributed by atoms with Gasteiger partial charge >= 0.3 is 0 Å². The lowest BCUT2D eigenvalue weighted by atomic mass is 10.2. The summed E-state index contributed by atoms with van der Waals surface area (Å²) in [5.41, 5.74) is 1.39. The van der Waals surface area contributed by atoms with E-state index in [0.29, 0.717) is 6.04 Å². The summed E-state index contributed by atoms with van der Waals surface area (Å²) in [7, 11) is 0. The molecule has 1 saturated carbocycles. The molecule has 0 spiro atoms. The summed E-state index contributed by atoms with van der Waals surface area (Å²) < 4.78 is 0. The number of hydrogen-bond acceptors (Lipinski definition) is 4. The van der Waals surface area contributed by atoms with Gasteiger partial charge in [-0.15, -0.1) is 11.3 Å². The lowest BCUT2D eigenvalue weighted by Crippen LogP contribution is -2.31. The zero-order valence-electron chi connectivity index (χ0n) is 14.1. The van der Waals surface area contributed by atoms with E-state index in [1.54, 1.807) is 0 Å². The molecule has 0 atom stereocenters. The monoisotopic (exact) mass is 309 g/mol. The van der Waals surface area contributed by atoms with Crippen LogP contribution in [-0.4, -0.2) is 24.1 Å². The third-order valence-corrected chi connectivity index (χ3v) is 5.20. The summed E-state index contributed by atoms with van der Waals surface area (Å²) in [6.45, 7) is 12.2. The molecule has 0 amide bonds. The first-order valence-corrected chi connectivity index (χ1v) is 9.45. The molecule has 1 aromatic rings. The lowest BCUT2D eigenvalue weighted by Gasteiger charge is -2.26. The molecule has 3 nitrogen and oxygen atoms in total. The van der Waals surface area contributed by atoms with E-state index in [-0.39, 0.29) is 0 Å². The molecular formula is C17H31N3S. The normalized spacial score (nSPS) is 14.9. The molecule has 4 heteroatoms. The van der Waals surface area contributed by atoms with Gasteiger partial charge in [-0.2, -0.15) is 0 Å². The van der Waals surface area contributed by atoms with Crippen LogP contribution in [0.15, 0.2) is 0 Å². The third-order valence-electron chi connectivity index (χ3n) is 4.09. The van der Waals surface area contributed by atoms with Gasteiger partial charge in [0.05, 0.1) is 5.69 Å². The average molecular weight is 310 g/mol. The number of nitrogens with zero attached hydrogens (tertiary/aromatic N) is 2. The van der Waals surface area contributed by atoms with Crippen LogP contribution in [0.25, 0.3) is 0 Å². The Morgan fingerprint density at radius 3 is 2.62 bits per heavy atom. The SMILES string of the molecule is CCCCCN(c1nc(C2CC2)c(CNCC)s1)C(C)C. The van der Waals surface area contributed by atoms with Gasteiger partial charge in [-0.05, 0) is 39.7 Å². The minimum atomic E-state index is 0.534. The zero-order chi connectivity index (χ0) is 15.2. The van der Waals surface area contributed by atoms with Crippen molar-refractivity contribution < 1.29 is 0 Å². The minimum absolute atomic E-state index is 0.534. The number of unbranched alkanes of at least 4 members (excludes halogenated alkanes) is 2. The van der Waals surface area contributed by atoms with Crippen LogP contribution < -0.4 is 10.2 Å². The van der Waals surface area contributed by atoms with Crippen LogP contribution in [0, 0.1) is 0 Å². The van der Waals surface area contributed by atoms with Gasteiger partial charge in [0, 0.05) is 29.9 Å². The van der Waals surface area contributed by atoms with Gasteiger partial charge in [0.1, 0.15) is 0 Å². The minimum Gasteiger partial charge on any atom is -0.346 e. The van der Waals surface area contributed by atoms with Crippen molar-refractivity contribution in [3.63, 3.8) is 0 Å². The quantitative estimate of drug-likeness (QED) is 0.643. The molecule has 1 aliphatic rings. The highest BCUT2D eigenvalue weighted by Crippen LogP contribution is 2.44. The van der Waals surface area contributed by atoms with Crippen molar-refractivity contribution in [3.8, 4) is 0 Å². The molecule has 1 N–H and O–H groups in total. The maximum atomic E-state index is 5.03. The van der Waals surface area contributed by atoms with Crippen LogP contribution in [0.3, 0.4) is 0 Å². The van der Waals surface area contributed by atoms with Crippen molar-refractivity contribution in [2.75, 3.05) is 18.0 Å². The van der Waals surface area contributed by atoms with E-state index in [9.17, 15) is 0 Å². The second-order valence-corrected chi connectivity index (χ2v) is 7.42. The Hall–Kier alpha value is -0.610. The zero-order valence-corrected chi connectivity index (χ0v) is 14.9. The van der Waals surface area contributed by atoms with Gasteiger partial charge < -0.3 is 10.2 Å². The smallest absolute Gasteiger partial charge is 0.186 e. The standard InChI is InChI=1S/C17H31N3S/c1-5-7-8-11-20(13(3)4)17-19-16(14-9-10-14)15(21-17)12-18-6-2/h13-14,18H,5-12H2,1-4H3. The summed E-state index contributed by atoms with van der Waals surface area (Å²) >= 11 is 1.91. The highest BCUT2D eigenvalue weighted by molar-refractivity contribution is 7.15. The molecule has 21 heavy (non-hydrogen) atoms. The molecule has 0 radical (unpaired) electrons. The Kier molecular flexibility index (Phi) is 6.49. The Bertz CT molecular complexity index is 424. The lowest BCUT2D eigenvalue weighted by molar-refractivity contribution is 0.624. The van der Waals surface area contributed by atoms with Crippen molar-refractivity contribution in [2.24, 2.45) is 0 Å². The summed E-state index contributed by atoms with van der Waals surface area (Å²) in [6.07, 6.45) is 6.53. The number of thiazole rings is 1. The van der Waals surface area contributed by atoms with Crippen LogP contribution >= 0.6 is 11.3 Å². The summed E-state index contributed by atoms with van der Waals surface area (Å²) in [4.78, 5) is 9.00. The summed E-state index contributed by atoms with van der Waals surface area (Å²) in [6, 6.07) is 0.534. The molecule has 2 rings (SSSR count). The second kappa shape index (κ2) is 8.14. The molecule has 1 aromatic heterocycles. The first kappa shape index (κ1) is 16.8. The highest BCUT2D eigenvalue weighted by atomic mass is 32.1. The number of nitrogens with one attached hydrogen (secondary N) is 1. The number of hydrogen-bond donors (Lipinski definition) is 1. The van der Waals surface area contributed by atoms with Crippen molar-refractivity contribution in [2.45, 2.75) is 78.3 Å². The molecule has 0 aromatic carbocycles. The Morgan fingerprint density at radius 1 is 1.29 bits per heavy atom. The Balaban J connectivity index is 2.11. The first-order valence-electron chi connectivity index (χ1n) is 8.64. The van der Waals surface area contributed by atoms with Crippen molar-refractivity contribution in [3.05, 3.63) is 10.6 Å². The van der Waals surface area contributed by atoms with Gasteiger partial charge in [-0.3, -0.25) is 0 Å². The van der Waals surface area contributed by atoms with E-state index in [2.05, 4.69) is 37.9 Å². The average Bonchev–Trinajstić information content (AvgIpc) is 3.22. The van der Waals surface area contributed by atoms with E-state index in [1.807, 2.05) is 11.3 Å². The maximum Gasteiger partial charge on any atom is 0.186 e. The highest BCUT2D eigenvalue weighted by Gasteiger charge is 2.30. The largest absolute Gasteiger partial charge is 0.346 e. The van der Waals surface area contributed by atoms with Crippen LogP contribution in [-0.2, 0) is 6.54 Å². The van der Waals surface area contributed by atoms with Crippen LogP contribution in [0.2, 0.25) is 0 Å². The molecule has 120 valence electrons. The fourth-order valence-electron chi connectivity index (χ4n) is 2.62. The molecule has 0 bridgehead atoms. The number of aromatic nitrogens is 1. The first-order chi connectivity index (χ1) is 10.2. The van der Waals surface area contributed by atoms with Gasteiger partial charge in [0.15, 0.2) is 5.13 Å². The third kappa shape index (κ3) is 4.68. The maximum absolute atomic E-state index is 5.03. The fraction of sp³-hybridized carbons (Fsp3) is 0.824. The van der Waals surface area contributed by atoms with E-state index >= 15 is 0 Å². The molecule has 1 heterocycles. The molecule has 1 fully saturated rings. The van der Waals surface area contributed by atoms with Crippen LogP contribution in [0.4, 0.5) is 5.13 Å². The molecule has 0 saturated heterocycles. The van der Waals surface area contributed by atoms with E-state index < -0.39 is 0 Å². The van der Waals surface area contributed by atoms with Gasteiger partial charge in [-0.25, -0.2) is 4.98 Å². The Labute approximate surface area is 134 Å². The van der Waals surface area contributed by atoms with Crippen LogP contribution in [0.5, 0.6) is 0 Å². The van der Waals surface area contributed by atoms with Gasteiger partial charge in [-0.1, -0.05) is 26.7 Å². The predicted octanol–water partition coefficient (Wildman–Crippen LogP) is 4.54. The van der Waals surface area contributed by atoms with Gasteiger partial charge in [0.2, 0.25) is 0 Å². The van der Waals surface area contributed by atoms with E-state index in [0.717, 1.165) is 25.6 Å². The number of anilines is 1. The van der Waals surface area contributed by atoms with Crippen molar-refractivity contribution in [1.29, 1.82) is 0 Å². The fourth-order valence-corrected chi connectivity index (χ4v) is 3.90. The summed E-state index contributed by atoms with van der Waals surface area (Å²) in [5, 5.41) is 4.72. The second-order valence-electron chi connectivity index (χ2n) is 6.35. The molecular weight excluding hydrogens is 278 g/mol. The summed E-state index contributed by atoms with van der Waals surface area (Å²) in [5.74, 6) is 0.744. The molecule has 0 unspecified atom stereocenters. The van der Waals surface area contributed by atoms with Crippen molar-refractivity contribution in [1.82, 2.24) is 10.3 Å². The van der Waals surface area contributed by atoms with E-state index in [4.69, 9.17) is 4.98 Å². The van der Waals surface area contributed by atoms with Gasteiger partial charge in [0.25, 0.3) is 0 Å². The topological polar surface area (TPSA) is 28.2 Å². The molecule has 1 aliphatic carbocycles. The molecule has 0 aliphatic heterocycles. The Morgan fingerprint density at radius 2 is 2.05 bits per heavy atom. The van der Waals surface area contributed by atoms with E-state index in [1.165, 1.54) is 47.8 Å². The predicted molar refractivity (Wildman–Crippen MR) is 93.5 cm³/mol. The van der Waals surface area contributed by atoms with Crippen LogP contribution in [0.1, 0.15) is 76.3 Å². The number of rotatable bonds is 10. The van der Waals surface area contributed by atoms with Crippen molar-refractivity contribution >= 4 is 16.5 Å².